The van der Waals surface area contributed by atoms with Crippen molar-refractivity contribution in [2.24, 2.45) is 0 Å². The molecule has 1 aliphatic heterocycles. The van der Waals surface area contributed by atoms with Crippen LogP contribution >= 0.6 is 17.0 Å². The normalized spacial score (nSPS) is 13.4. The van der Waals surface area contributed by atoms with Gasteiger partial charge < -0.3 is 15.0 Å². The molecule has 220 valence electrons. The molecule has 14 heteroatoms. The van der Waals surface area contributed by atoms with E-state index in [4.69, 9.17) is 10.1 Å². The largest absolute Gasteiger partial charge is 0.493 e. The van der Waals surface area contributed by atoms with E-state index in [9.17, 15) is 26.4 Å². The predicted molar refractivity (Wildman–Crippen MR) is 160 cm³/mol. The van der Waals surface area contributed by atoms with Crippen LogP contribution in [0.3, 0.4) is 0 Å². The van der Waals surface area contributed by atoms with Gasteiger partial charge in [-0.15, -0.1) is 17.0 Å². The molecule has 11 nitrogen and oxygen atoms in total. The summed E-state index contributed by atoms with van der Waals surface area (Å²) >= 11 is 0. The van der Waals surface area contributed by atoms with Crippen LogP contribution < -0.4 is 13.8 Å². The third-order valence-corrected chi connectivity index (χ3v) is 9.41. The highest BCUT2D eigenvalue weighted by molar-refractivity contribution is 8.93. The Balaban J connectivity index is 0.00000560. The first-order valence-electron chi connectivity index (χ1n) is 12.1. The summed E-state index contributed by atoms with van der Waals surface area (Å²) in [6.07, 6.45) is 1.57. The predicted octanol–water partition coefficient (Wildman–Crippen LogP) is 3.07. The van der Waals surface area contributed by atoms with Crippen molar-refractivity contribution < 1.29 is 31.2 Å². The lowest BCUT2D eigenvalue weighted by Gasteiger charge is -2.25. The first kappa shape index (κ1) is 33.2. The molecule has 0 bridgehead atoms. The van der Waals surface area contributed by atoms with Crippen molar-refractivity contribution in [1.82, 2.24) is 10.2 Å². The summed E-state index contributed by atoms with van der Waals surface area (Å²) in [5.41, 5.74) is 1.47. The number of ether oxygens (including phenoxy) is 1. The summed E-state index contributed by atoms with van der Waals surface area (Å²) in [4.78, 5) is 27.4. The number of amides is 1. The lowest BCUT2D eigenvalue weighted by atomic mass is 9.85. The molecule has 0 aliphatic carbocycles. The van der Waals surface area contributed by atoms with Crippen molar-refractivity contribution in [3.05, 3.63) is 58.1 Å². The Morgan fingerprint density at radius 1 is 1.05 bits per heavy atom. The van der Waals surface area contributed by atoms with Gasteiger partial charge in [0.25, 0.3) is 5.91 Å². The Hall–Kier alpha value is -2.97. The van der Waals surface area contributed by atoms with Gasteiger partial charge in [0.2, 0.25) is 20.0 Å². The van der Waals surface area contributed by atoms with Gasteiger partial charge >= 0.3 is 0 Å². The fourth-order valence-corrected chi connectivity index (χ4v) is 7.30. The van der Waals surface area contributed by atoms with Gasteiger partial charge in [-0.25, -0.2) is 16.8 Å². The van der Waals surface area contributed by atoms with Gasteiger partial charge in [-0.2, -0.15) is 3.71 Å². The number of sulfonamides is 2. The molecule has 0 saturated heterocycles. The fourth-order valence-electron chi connectivity index (χ4n) is 4.35. The van der Waals surface area contributed by atoms with Crippen LogP contribution in [0.25, 0.3) is 0 Å². The molecular formula is C26H35BrN4O7S2. The summed E-state index contributed by atoms with van der Waals surface area (Å²) in [7, 11) is -6.95. The number of anilines is 1. The van der Waals surface area contributed by atoms with Crippen molar-refractivity contribution in [3.8, 4) is 5.75 Å². The number of hydrogen-bond donors (Lipinski definition) is 2. The van der Waals surface area contributed by atoms with Crippen molar-refractivity contribution in [1.29, 1.82) is 5.41 Å². The van der Waals surface area contributed by atoms with Crippen LogP contribution in [0.15, 0.2) is 30.3 Å². The molecule has 1 amide bonds. The van der Waals surface area contributed by atoms with E-state index in [0.29, 0.717) is 32.8 Å². The number of amidine groups is 1. The van der Waals surface area contributed by atoms with Gasteiger partial charge in [-0.05, 0) is 53.8 Å². The number of Topliss-reactive ketones (excluding diaryl/α,β-unsaturated/α-hetero) is 1. The number of carbonyl (C=O) groups is 2. The smallest absolute Gasteiger partial charge is 0.254 e. The van der Waals surface area contributed by atoms with Crippen molar-refractivity contribution in [2.75, 3.05) is 36.4 Å². The number of fused-ring (bicyclic) bond motifs is 1. The zero-order valence-electron chi connectivity index (χ0n) is 23.5. The summed E-state index contributed by atoms with van der Waals surface area (Å²) in [6, 6.07) is 7.56. The SMILES string of the molecule is Br.CCOc1cc2c(cc1C(=O)NC)C(=N)N(CC(=O)c1cc(N(S(C)(=O)=O)S(C)(=O)=O)cc(C(C)(C)C)c1)C2. The number of nitrogens with one attached hydrogen (secondary N) is 2. The highest BCUT2D eigenvalue weighted by Crippen LogP contribution is 2.33. The molecule has 0 unspecified atom stereocenters. The minimum atomic E-state index is -4.23. The number of carbonyl (C=O) groups excluding carboxylic acids is 2. The maximum absolute atomic E-state index is 13.5. The van der Waals surface area contributed by atoms with E-state index in [-0.39, 0.29) is 58.6 Å². The lowest BCUT2D eigenvalue weighted by molar-refractivity contribution is 0.0953. The molecule has 0 atom stereocenters. The molecule has 0 radical (unpaired) electrons. The van der Waals surface area contributed by atoms with E-state index in [1.807, 2.05) is 20.8 Å². The number of halogens is 1. The number of nitrogens with zero attached hydrogens (tertiary/aromatic N) is 2. The van der Waals surface area contributed by atoms with Gasteiger partial charge in [0.15, 0.2) is 5.78 Å². The third kappa shape index (κ3) is 7.02. The average molecular weight is 660 g/mol. The standard InChI is InChI=1S/C26H34N4O7S2.BrH/c1-8-37-23-11-17-14-29(24(27)20(17)13-21(23)25(32)28-5)15-22(31)16-9-18(26(2,3)4)12-19(10-16)30(38(6,33)34)39(7,35)36;/h9-13,27H,8,14-15H2,1-7H3,(H,28,32);1H. The van der Waals surface area contributed by atoms with Crippen molar-refractivity contribution in [2.45, 2.75) is 39.7 Å². The van der Waals surface area contributed by atoms with Crippen LogP contribution in [0.5, 0.6) is 5.75 Å². The maximum atomic E-state index is 13.5. The van der Waals surface area contributed by atoms with Gasteiger partial charge in [0.1, 0.15) is 11.6 Å². The number of rotatable bonds is 9. The third-order valence-electron chi connectivity index (χ3n) is 6.16. The second-order valence-electron chi connectivity index (χ2n) is 10.4. The quantitative estimate of drug-likeness (QED) is 0.390. The van der Waals surface area contributed by atoms with Gasteiger partial charge in [0.05, 0.1) is 36.9 Å². The van der Waals surface area contributed by atoms with Crippen molar-refractivity contribution >= 4 is 60.2 Å². The van der Waals surface area contributed by atoms with Crippen LogP contribution in [0.1, 0.15) is 65.1 Å². The Morgan fingerprint density at radius 2 is 1.65 bits per heavy atom. The van der Waals surface area contributed by atoms with Gasteiger partial charge in [0, 0.05) is 24.7 Å². The van der Waals surface area contributed by atoms with E-state index >= 15 is 0 Å². The molecule has 2 aromatic rings. The molecule has 2 aromatic carbocycles. The van der Waals surface area contributed by atoms with Crippen LogP contribution in [-0.2, 0) is 32.0 Å². The summed E-state index contributed by atoms with van der Waals surface area (Å²) in [5, 5.41) is 11.2. The molecule has 0 fully saturated rings. The van der Waals surface area contributed by atoms with Crippen LogP contribution in [0.4, 0.5) is 5.69 Å². The second-order valence-corrected chi connectivity index (χ2v) is 14.3. The number of ketones is 1. The monoisotopic (exact) mass is 658 g/mol. The molecule has 0 aromatic heterocycles. The molecule has 1 heterocycles. The zero-order valence-corrected chi connectivity index (χ0v) is 26.8. The second kappa shape index (κ2) is 11.9. The minimum Gasteiger partial charge on any atom is -0.493 e. The topological polar surface area (TPSA) is 154 Å². The number of hydrogen-bond acceptors (Lipinski definition) is 8. The maximum Gasteiger partial charge on any atom is 0.254 e. The van der Waals surface area contributed by atoms with E-state index in [1.54, 1.807) is 25.1 Å². The van der Waals surface area contributed by atoms with Crippen LogP contribution in [0.2, 0.25) is 0 Å². The van der Waals surface area contributed by atoms with E-state index < -0.39 is 31.2 Å². The molecule has 40 heavy (non-hydrogen) atoms. The Labute approximate surface area is 246 Å². The lowest BCUT2D eigenvalue weighted by Crippen LogP contribution is -2.36. The zero-order chi connectivity index (χ0) is 29.5. The molecule has 3 rings (SSSR count). The van der Waals surface area contributed by atoms with Crippen LogP contribution in [-0.4, -0.2) is 72.0 Å². The first-order chi connectivity index (χ1) is 17.9. The minimum absolute atomic E-state index is 0. The molecule has 0 saturated carbocycles. The summed E-state index contributed by atoms with van der Waals surface area (Å²) in [5.74, 6) is -0.372. The highest BCUT2D eigenvalue weighted by Gasteiger charge is 2.32. The molecule has 0 spiro atoms. The van der Waals surface area contributed by atoms with Gasteiger partial charge in [-0.1, -0.05) is 20.8 Å². The van der Waals surface area contributed by atoms with Gasteiger partial charge in [-0.3, -0.25) is 15.0 Å². The van der Waals surface area contributed by atoms with E-state index in [1.165, 1.54) is 24.1 Å². The van der Waals surface area contributed by atoms with Crippen LogP contribution in [0, 0.1) is 5.41 Å². The molecule has 2 N–H and O–H groups in total. The molecular weight excluding hydrogens is 624 g/mol. The Morgan fingerprint density at radius 3 is 2.15 bits per heavy atom. The highest BCUT2D eigenvalue weighted by atomic mass is 79.9. The van der Waals surface area contributed by atoms with E-state index in [2.05, 4.69) is 5.32 Å². The molecule has 1 aliphatic rings. The van der Waals surface area contributed by atoms with Crippen molar-refractivity contribution in [3.63, 3.8) is 0 Å². The average Bonchev–Trinajstić information content (AvgIpc) is 3.09. The van der Waals surface area contributed by atoms with E-state index in [0.717, 1.165) is 12.5 Å². The Bertz CT molecular complexity index is 1530. The summed E-state index contributed by atoms with van der Waals surface area (Å²) < 4.78 is 55.6. The fraction of sp³-hybridized carbons (Fsp3) is 0.423. The number of benzene rings is 2. The summed E-state index contributed by atoms with van der Waals surface area (Å²) in [6.45, 7) is 7.71. The Kier molecular flexibility index (Phi) is 9.86. The first-order valence-corrected chi connectivity index (χ1v) is 15.8.